The molecule has 1 aliphatic heterocycles. The highest BCUT2D eigenvalue weighted by Crippen LogP contribution is 2.24. The second-order valence-electron chi connectivity index (χ2n) is 5.01. The van der Waals surface area contributed by atoms with Crippen molar-refractivity contribution >= 4 is 11.6 Å². The number of hydrogen-bond acceptors (Lipinski definition) is 5. The number of nitrogens with two attached hydrogens (primary N) is 1. The molecule has 0 saturated carbocycles. The first-order valence-electron chi connectivity index (χ1n) is 6.53. The van der Waals surface area contributed by atoms with Crippen molar-refractivity contribution in [1.29, 1.82) is 0 Å². The summed E-state index contributed by atoms with van der Waals surface area (Å²) in [5.74, 6) is 2.76. The first-order chi connectivity index (χ1) is 8.58. The molecule has 1 unspecified atom stereocenters. The molecule has 1 aliphatic rings. The molecule has 2 heterocycles. The van der Waals surface area contributed by atoms with Crippen LogP contribution in [0.5, 0.6) is 0 Å². The zero-order chi connectivity index (χ0) is 13.1. The van der Waals surface area contributed by atoms with E-state index >= 15 is 0 Å². The Bertz CT molecular complexity index is 416. The van der Waals surface area contributed by atoms with Crippen LogP contribution in [0.2, 0.25) is 0 Å². The van der Waals surface area contributed by atoms with Gasteiger partial charge in [0.05, 0.1) is 0 Å². The lowest BCUT2D eigenvalue weighted by atomic mass is 9.93. The van der Waals surface area contributed by atoms with Crippen molar-refractivity contribution in [2.75, 3.05) is 24.3 Å². The van der Waals surface area contributed by atoms with Crippen molar-refractivity contribution in [2.24, 2.45) is 5.92 Å². The minimum Gasteiger partial charge on any atom is -0.383 e. The Morgan fingerprint density at radius 1 is 1.28 bits per heavy atom. The first kappa shape index (κ1) is 13.1. The summed E-state index contributed by atoms with van der Waals surface area (Å²) in [5.41, 5.74) is 6.79. The largest absolute Gasteiger partial charge is 0.383 e. The van der Waals surface area contributed by atoms with Crippen molar-refractivity contribution < 1.29 is 4.74 Å². The molecule has 0 aliphatic carbocycles. The number of hydrogen-bond donors (Lipinski definition) is 2. The van der Waals surface area contributed by atoms with Gasteiger partial charge < -0.3 is 15.8 Å². The molecule has 0 aromatic carbocycles. The summed E-state index contributed by atoms with van der Waals surface area (Å²) in [7, 11) is 0. The van der Waals surface area contributed by atoms with E-state index in [4.69, 9.17) is 10.5 Å². The van der Waals surface area contributed by atoms with Crippen molar-refractivity contribution in [3.05, 3.63) is 11.4 Å². The van der Waals surface area contributed by atoms with Crippen LogP contribution in [-0.2, 0) is 4.74 Å². The van der Waals surface area contributed by atoms with Crippen LogP contribution >= 0.6 is 0 Å². The van der Waals surface area contributed by atoms with E-state index < -0.39 is 0 Å². The average Bonchev–Trinajstić information content (AvgIpc) is 2.36. The molecule has 1 fully saturated rings. The SMILES string of the molecule is Cc1nc(N)c(C)c(NC(C)C2CCOCC2)n1. The summed E-state index contributed by atoms with van der Waals surface area (Å²) in [5, 5.41) is 3.47. The predicted octanol–water partition coefficient (Wildman–Crippen LogP) is 1.90. The topological polar surface area (TPSA) is 73.1 Å². The van der Waals surface area contributed by atoms with Gasteiger partial charge in [-0.1, -0.05) is 0 Å². The van der Waals surface area contributed by atoms with E-state index in [-0.39, 0.29) is 0 Å². The molecule has 1 aromatic rings. The molecule has 3 N–H and O–H groups in total. The minimum atomic E-state index is 0.376. The van der Waals surface area contributed by atoms with Gasteiger partial charge in [0.25, 0.3) is 0 Å². The van der Waals surface area contributed by atoms with Gasteiger partial charge in [0.2, 0.25) is 0 Å². The number of anilines is 2. The Morgan fingerprint density at radius 2 is 1.94 bits per heavy atom. The average molecular weight is 250 g/mol. The van der Waals surface area contributed by atoms with Crippen LogP contribution in [0.4, 0.5) is 11.6 Å². The highest BCUT2D eigenvalue weighted by atomic mass is 16.5. The number of aromatic nitrogens is 2. The molecule has 2 rings (SSSR count). The monoisotopic (exact) mass is 250 g/mol. The van der Waals surface area contributed by atoms with Crippen LogP contribution in [0, 0.1) is 19.8 Å². The van der Waals surface area contributed by atoms with Crippen LogP contribution in [0.15, 0.2) is 0 Å². The minimum absolute atomic E-state index is 0.376. The lowest BCUT2D eigenvalue weighted by Gasteiger charge is -2.29. The molecular weight excluding hydrogens is 228 g/mol. The van der Waals surface area contributed by atoms with Gasteiger partial charge in [0, 0.05) is 24.8 Å². The van der Waals surface area contributed by atoms with Gasteiger partial charge in [-0.3, -0.25) is 0 Å². The van der Waals surface area contributed by atoms with Crippen LogP contribution in [0.25, 0.3) is 0 Å². The molecular formula is C13H22N4O. The molecule has 0 spiro atoms. The lowest BCUT2D eigenvalue weighted by molar-refractivity contribution is 0.0622. The van der Waals surface area contributed by atoms with Gasteiger partial charge in [0.1, 0.15) is 17.5 Å². The second-order valence-corrected chi connectivity index (χ2v) is 5.01. The fourth-order valence-electron chi connectivity index (χ4n) is 2.34. The second kappa shape index (κ2) is 5.52. The van der Waals surface area contributed by atoms with Crippen molar-refractivity contribution in [3.8, 4) is 0 Å². The Hall–Kier alpha value is -1.36. The summed E-state index contributed by atoms with van der Waals surface area (Å²) in [6, 6.07) is 0.376. The zero-order valence-corrected chi connectivity index (χ0v) is 11.4. The van der Waals surface area contributed by atoms with E-state index in [9.17, 15) is 0 Å². The highest BCUT2D eigenvalue weighted by molar-refractivity contribution is 5.55. The van der Waals surface area contributed by atoms with Crippen molar-refractivity contribution in [2.45, 2.75) is 39.7 Å². The van der Waals surface area contributed by atoms with Gasteiger partial charge in [-0.05, 0) is 39.5 Å². The molecule has 0 radical (unpaired) electrons. The Kier molecular flexibility index (Phi) is 4.01. The van der Waals surface area contributed by atoms with Crippen LogP contribution in [0.1, 0.15) is 31.2 Å². The van der Waals surface area contributed by atoms with Gasteiger partial charge in [0.15, 0.2) is 0 Å². The standard InChI is InChI=1S/C13H22N4O/c1-8-12(14)16-10(3)17-13(8)15-9(2)11-4-6-18-7-5-11/h9,11H,4-7H2,1-3H3,(H3,14,15,16,17). The Balaban J connectivity index is 2.08. The number of nitrogens with zero attached hydrogens (tertiary/aromatic N) is 2. The molecule has 0 amide bonds. The van der Waals surface area contributed by atoms with E-state index in [0.717, 1.165) is 37.4 Å². The third kappa shape index (κ3) is 2.90. The van der Waals surface area contributed by atoms with Gasteiger partial charge >= 0.3 is 0 Å². The molecule has 1 saturated heterocycles. The van der Waals surface area contributed by atoms with Crippen LogP contribution < -0.4 is 11.1 Å². The van der Waals surface area contributed by atoms with Crippen molar-refractivity contribution in [1.82, 2.24) is 9.97 Å². The van der Waals surface area contributed by atoms with Gasteiger partial charge in [-0.2, -0.15) is 0 Å². The summed E-state index contributed by atoms with van der Waals surface area (Å²) < 4.78 is 5.39. The number of rotatable bonds is 3. The maximum absolute atomic E-state index is 5.86. The first-order valence-corrected chi connectivity index (χ1v) is 6.53. The third-order valence-corrected chi connectivity index (χ3v) is 3.63. The molecule has 18 heavy (non-hydrogen) atoms. The maximum atomic E-state index is 5.86. The lowest BCUT2D eigenvalue weighted by Crippen LogP contribution is -2.31. The van der Waals surface area contributed by atoms with Crippen LogP contribution in [0.3, 0.4) is 0 Å². The molecule has 5 heteroatoms. The van der Waals surface area contributed by atoms with Gasteiger partial charge in [-0.25, -0.2) is 9.97 Å². The number of aryl methyl sites for hydroxylation is 1. The number of ether oxygens (including phenoxy) is 1. The summed E-state index contributed by atoms with van der Waals surface area (Å²) in [4.78, 5) is 8.60. The molecule has 1 atom stereocenters. The Labute approximate surface area is 108 Å². The number of nitrogens with one attached hydrogen (secondary N) is 1. The molecule has 1 aromatic heterocycles. The molecule has 0 bridgehead atoms. The third-order valence-electron chi connectivity index (χ3n) is 3.63. The van der Waals surface area contributed by atoms with E-state index in [1.54, 1.807) is 0 Å². The normalized spacial score (nSPS) is 18.6. The maximum Gasteiger partial charge on any atom is 0.134 e. The number of nitrogen functional groups attached to an aromatic ring is 1. The summed E-state index contributed by atoms with van der Waals surface area (Å²) in [6.07, 6.45) is 2.21. The predicted molar refractivity (Wildman–Crippen MR) is 72.5 cm³/mol. The van der Waals surface area contributed by atoms with Gasteiger partial charge in [-0.15, -0.1) is 0 Å². The van der Waals surface area contributed by atoms with E-state index in [2.05, 4.69) is 22.2 Å². The fourth-order valence-corrected chi connectivity index (χ4v) is 2.34. The Morgan fingerprint density at radius 3 is 2.61 bits per heavy atom. The molecule has 100 valence electrons. The summed E-state index contributed by atoms with van der Waals surface area (Å²) in [6.45, 7) is 7.73. The highest BCUT2D eigenvalue weighted by Gasteiger charge is 2.21. The zero-order valence-electron chi connectivity index (χ0n) is 11.4. The quantitative estimate of drug-likeness (QED) is 0.857. The van der Waals surface area contributed by atoms with Crippen molar-refractivity contribution in [3.63, 3.8) is 0 Å². The van der Waals surface area contributed by atoms with E-state index in [0.29, 0.717) is 23.6 Å². The van der Waals surface area contributed by atoms with E-state index in [1.807, 2.05) is 13.8 Å². The van der Waals surface area contributed by atoms with Crippen LogP contribution in [-0.4, -0.2) is 29.2 Å². The van der Waals surface area contributed by atoms with E-state index in [1.165, 1.54) is 0 Å². The fraction of sp³-hybridized carbons (Fsp3) is 0.692. The smallest absolute Gasteiger partial charge is 0.134 e. The summed E-state index contributed by atoms with van der Waals surface area (Å²) >= 11 is 0. The molecule has 5 nitrogen and oxygen atoms in total.